The monoisotopic (exact) mass is 419 g/mol. The summed E-state index contributed by atoms with van der Waals surface area (Å²) in [6, 6.07) is 18.1. The molecule has 1 aliphatic rings. The van der Waals surface area contributed by atoms with Crippen LogP contribution in [0.5, 0.6) is 0 Å². The molecule has 1 atom stereocenters. The fraction of sp³-hybridized carbons (Fsp3) is 0.250. The van der Waals surface area contributed by atoms with E-state index in [1.807, 2.05) is 49.6 Å². The Morgan fingerprint density at radius 3 is 2.63 bits per heavy atom. The van der Waals surface area contributed by atoms with Gasteiger partial charge in [0.25, 0.3) is 0 Å². The van der Waals surface area contributed by atoms with Crippen LogP contribution in [-0.4, -0.2) is 24.9 Å². The molecular weight excluding hydrogens is 394 g/mol. The lowest BCUT2D eigenvalue weighted by Crippen LogP contribution is -2.41. The number of fused-ring (bicyclic) bond motifs is 1. The smallest absolute Gasteiger partial charge is 0.313 e. The van der Waals surface area contributed by atoms with E-state index in [1.165, 1.54) is 16.1 Å². The highest BCUT2D eigenvalue weighted by Gasteiger charge is 2.28. The molecule has 1 aliphatic heterocycles. The highest BCUT2D eigenvalue weighted by Crippen LogP contribution is 2.36. The van der Waals surface area contributed by atoms with Crippen molar-refractivity contribution in [2.45, 2.75) is 26.3 Å². The van der Waals surface area contributed by atoms with E-state index in [0.29, 0.717) is 12.2 Å². The molecule has 5 nitrogen and oxygen atoms in total. The second kappa shape index (κ2) is 8.71. The second-order valence-corrected chi connectivity index (χ2v) is 8.55. The number of aryl methyl sites for hydroxylation is 2. The van der Waals surface area contributed by atoms with Crippen LogP contribution >= 0.6 is 11.3 Å². The van der Waals surface area contributed by atoms with Gasteiger partial charge in [-0.05, 0) is 66.6 Å². The first-order valence-electron chi connectivity index (χ1n) is 10.1. The molecule has 1 aromatic heterocycles. The summed E-state index contributed by atoms with van der Waals surface area (Å²) >= 11 is 1.66. The number of carbonyl (C=O) groups excluding carboxylic acids is 2. The number of rotatable bonds is 5. The Labute approximate surface area is 180 Å². The van der Waals surface area contributed by atoms with Crippen LogP contribution in [-0.2, 0) is 16.0 Å². The van der Waals surface area contributed by atoms with Crippen LogP contribution in [0.4, 0.5) is 11.4 Å². The van der Waals surface area contributed by atoms with Gasteiger partial charge in [0.15, 0.2) is 0 Å². The summed E-state index contributed by atoms with van der Waals surface area (Å²) in [6.07, 6.45) is 0.985. The lowest BCUT2D eigenvalue weighted by molar-refractivity contribution is -0.136. The van der Waals surface area contributed by atoms with Crippen LogP contribution in [0.1, 0.15) is 27.6 Å². The van der Waals surface area contributed by atoms with Gasteiger partial charge in [0.05, 0.1) is 6.04 Å². The van der Waals surface area contributed by atoms with Crippen LogP contribution < -0.4 is 15.5 Å². The van der Waals surface area contributed by atoms with Crippen molar-refractivity contribution < 1.29 is 9.59 Å². The zero-order valence-electron chi connectivity index (χ0n) is 17.1. The van der Waals surface area contributed by atoms with Gasteiger partial charge in [0, 0.05) is 29.3 Å². The molecule has 0 saturated heterocycles. The topological polar surface area (TPSA) is 61.4 Å². The number of hydrogen-bond acceptors (Lipinski definition) is 4. The lowest BCUT2D eigenvalue weighted by Gasteiger charge is -2.30. The van der Waals surface area contributed by atoms with E-state index in [-0.39, 0.29) is 6.04 Å². The minimum atomic E-state index is -0.648. The number of amides is 2. The molecule has 0 saturated carbocycles. The SMILES string of the molecule is Cc1ccc(NC(=O)C(=O)NC[C@@H](c2cccs2)N2CCc3ccccc32)cc1C. The molecule has 0 radical (unpaired) electrons. The maximum absolute atomic E-state index is 12.5. The van der Waals surface area contributed by atoms with Gasteiger partial charge in [-0.2, -0.15) is 0 Å². The standard InChI is InChI=1S/C24H25N3O2S/c1-16-9-10-19(14-17(16)2)26-24(29)23(28)25-15-21(22-8-5-13-30-22)27-12-11-18-6-3-4-7-20(18)27/h3-10,13-14,21H,11-12,15H2,1-2H3,(H,25,28)(H,26,29)/t21-/m0/s1. The number of thiophene rings is 1. The number of anilines is 2. The molecule has 0 unspecified atom stereocenters. The van der Waals surface area contributed by atoms with Crippen molar-refractivity contribution in [3.63, 3.8) is 0 Å². The third-order valence-electron chi connectivity index (χ3n) is 5.60. The van der Waals surface area contributed by atoms with Gasteiger partial charge in [-0.1, -0.05) is 30.3 Å². The van der Waals surface area contributed by atoms with Crippen LogP contribution in [0.2, 0.25) is 0 Å². The average Bonchev–Trinajstić information content (AvgIpc) is 3.42. The molecule has 2 aromatic carbocycles. The van der Waals surface area contributed by atoms with E-state index < -0.39 is 11.8 Å². The van der Waals surface area contributed by atoms with Crippen molar-refractivity contribution in [1.82, 2.24) is 5.32 Å². The molecule has 0 aliphatic carbocycles. The zero-order valence-corrected chi connectivity index (χ0v) is 18.0. The minimum Gasteiger partial charge on any atom is -0.361 e. The van der Waals surface area contributed by atoms with Crippen molar-refractivity contribution in [3.05, 3.63) is 81.5 Å². The summed E-state index contributed by atoms with van der Waals surface area (Å²) in [5.41, 5.74) is 5.35. The number of benzene rings is 2. The summed E-state index contributed by atoms with van der Waals surface area (Å²) in [5, 5.41) is 7.57. The average molecular weight is 420 g/mol. The fourth-order valence-corrected chi connectivity index (χ4v) is 4.65. The molecule has 2 amide bonds. The van der Waals surface area contributed by atoms with Gasteiger partial charge >= 0.3 is 11.8 Å². The Hall–Kier alpha value is -3.12. The van der Waals surface area contributed by atoms with Crippen molar-refractivity contribution >= 4 is 34.5 Å². The summed E-state index contributed by atoms with van der Waals surface area (Å²) in [4.78, 5) is 28.4. The van der Waals surface area contributed by atoms with E-state index >= 15 is 0 Å². The molecular formula is C24H25N3O2S. The number of carbonyl (C=O) groups is 2. The molecule has 2 heterocycles. The number of nitrogens with zero attached hydrogens (tertiary/aromatic N) is 1. The Kier molecular flexibility index (Phi) is 5.86. The van der Waals surface area contributed by atoms with E-state index in [2.05, 4.69) is 39.8 Å². The summed E-state index contributed by atoms with van der Waals surface area (Å²) in [6.45, 7) is 5.25. The molecule has 6 heteroatoms. The largest absolute Gasteiger partial charge is 0.361 e. The Morgan fingerprint density at radius 2 is 1.87 bits per heavy atom. The fourth-order valence-electron chi connectivity index (χ4n) is 3.81. The highest BCUT2D eigenvalue weighted by atomic mass is 32.1. The van der Waals surface area contributed by atoms with Gasteiger partial charge in [0.2, 0.25) is 0 Å². The summed E-state index contributed by atoms with van der Waals surface area (Å²) in [7, 11) is 0. The summed E-state index contributed by atoms with van der Waals surface area (Å²) < 4.78 is 0. The van der Waals surface area contributed by atoms with Gasteiger partial charge < -0.3 is 15.5 Å². The Balaban J connectivity index is 1.44. The van der Waals surface area contributed by atoms with Crippen LogP contribution in [0.3, 0.4) is 0 Å². The molecule has 30 heavy (non-hydrogen) atoms. The second-order valence-electron chi connectivity index (χ2n) is 7.57. The van der Waals surface area contributed by atoms with Crippen molar-refractivity contribution in [3.8, 4) is 0 Å². The van der Waals surface area contributed by atoms with Crippen molar-refractivity contribution in [2.24, 2.45) is 0 Å². The highest BCUT2D eigenvalue weighted by molar-refractivity contribution is 7.10. The first-order chi connectivity index (χ1) is 14.5. The third kappa shape index (κ3) is 4.24. The predicted molar refractivity (Wildman–Crippen MR) is 122 cm³/mol. The molecule has 4 rings (SSSR count). The quantitative estimate of drug-likeness (QED) is 0.609. The Bertz CT molecular complexity index is 1060. The molecule has 0 bridgehead atoms. The van der Waals surface area contributed by atoms with E-state index in [0.717, 1.165) is 24.1 Å². The summed E-state index contributed by atoms with van der Waals surface area (Å²) in [5.74, 6) is -1.27. The molecule has 0 spiro atoms. The van der Waals surface area contributed by atoms with E-state index in [1.54, 1.807) is 11.3 Å². The van der Waals surface area contributed by atoms with Crippen molar-refractivity contribution in [2.75, 3.05) is 23.3 Å². The first-order valence-corrected chi connectivity index (χ1v) is 11.0. The number of para-hydroxylation sites is 1. The molecule has 3 aromatic rings. The van der Waals surface area contributed by atoms with Crippen LogP contribution in [0.15, 0.2) is 60.0 Å². The van der Waals surface area contributed by atoms with Gasteiger partial charge in [-0.3, -0.25) is 9.59 Å². The van der Waals surface area contributed by atoms with Gasteiger partial charge in [-0.25, -0.2) is 0 Å². The van der Waals surface area contributed by atoms with Crippen molar-refractivity contribution in [1.29, 1.82) is 0 Å². The maximum Gasteiger partial charge on any atom is 0.313 e. The van der Waals surface area contributed by atoms with Crippen LogP contribution in [0.25, 0.3) is 0 Å². The molecule has 2 N–H and O–H groups in total. The first kappa shape index (κ1) is 20.2. The lowest BCUT2D eigenvalue weighted by atomic mass is 10.1. The molecule has 154 valence electrons. The normalized spacial score (nSPS) is 13.6. The number of nitrogens with one attached hydrogen (secondary N) is 2. The van der Waals surface area contributed by atoms with Gasteiger partial charge in [0.1, 0.15) is 0 Å². The Morgan fingerprint density at radius 1 is 1.03 bits per heavy atom. The van der Waals surface area contributed by atoms with E-state index in [9.17, 15) is 9.59 Å². The molecule has 0 fully saturated rings. The van der Waals surface area contributed by atoms with Gasteiger partial charge in [-0.15, -0.1) is 11.3 Å². The minimum absolute atomic E-state index is 0.00739. The maximum atomic E-state index is 12.5. The zero-order chi connectivity index (χ0) is 21.1. The third-order valence-corrected chi connectivity index (χ3v) is 6.57. The predicted octanol–water partition coefficient (Wildman–Crippen LogP) is 4.22. The number of hydrogen-bond donors (Lipinski definition) is 2. The van der Waals surface area contributed by atoms with Crippen LogP contribution in [0, 0.1) is 13.8 Å². The van der Waals surface area contributed by atoms with E-state index in [4.69, 9.17) is 0 Å².